The number of hydrogen-bond acceptors (Lipinski definition) is 2. The maximum absolute atomic E-state index is 12.3. The van der Waals surface area contributed by atoms with Crippen LogP contribution in [0.2, 0.25) is 0 Å². The van der Waals surface area contributed by atoms with Crippen LogP contribution in [0.15, 0.2) is 40.9 Å². The minimum Gasteiger partial charge on any atom is -0.481 e. The van der Waals surface area contributed by atoms with Crippen LogP contribution < -0.4 is 10.1 Å². The van der Waals surface area contributed by atoms with Gasteiger partial charge in [0, 0.05) is 4.47 Å². The molecular formula is C19H22BrNO2. The predicted molar refractivity (Wildman–Crippen MR) is 98.2 cm³/mol. The highest BCUT2D eigenvalue weighted by atomic mass is 79.9. The molecule has 2 aromatic carbocycles. The molecule has 4 heteroatoms. The maximum Gasteiger partial charge on any atom is 0.265 e. The molecule has 1 amide bonds. The van der Waals surface area contributed by atoms with Gasteiger partial charge in [0.2, 0.25) is 0 Å². The van der Waals surface area contributed by atoms with E-state index in [1.54, 1.807) is 6.92 Å². The number of carbonyl (C=O) groups is 1. The summed E-state index contributed by atoms with van der Waals surface area (Å²) in [5.41, 5.74) is 4.32. The summed E-state index contributed by atoms with van der Waals surface area (Å²) >= 11 is 3.49. The Morgan fingerprint density at radius 1 is 1.17 bits per heavy atom. The van der Waals surface area contributed by atoms with Crippen molar-refractivity contribution in [2.75, 3.05) is 5.32 Å². The van der Waals surface area contributed by atoms with E-state index in [0.717, 1.165) is 22.1 Å². The molecule has 0 aliphatic heterocycles. The van der Waals surface area contributed by atoms with Crippen LogP contribution in [0.3, 0.4) is 0 Å². The molecule has 0 saturated heterocycles. The zero-order chi connectivity index (χ0) is 17.0. The topological polar surface area (TPSA) is 38.3 Å². The highest BCUT2D eigenvalue weighted by Crippen LogP contribution is 2.24. The Morgan fingerprint density at radius 3 is 2.52 bits per heavy atom. The molecule has 1 unspecified atom stereocenters. The van der Waals surface area contributed by atoms with E-state index < -0.39 is 6.10 Å². The molecule has 1 atom stereocenters. The van der Waals surface area contributed by atoms with E-state index in [2.05, 4.69) is 28.2 Å². The second kappa shape index (κ2) is 7.64. The Balaban J connectivity index is 2.03. The van der Waals surface area contributed by atoms with Crippen LogP contribution in [0.25, 0.3) is 0 Å². The van der Waals surface area contributed by atoms with Gasteiger partial charge in [-0.2, -0.15) is 0 Å². The van der Waals surface area contributed by atoms with Gasteiger partial charge in [0.1, 0.15) is 5.75 Å². The SMILES string of the molecule is CCc1ccc(NC(=O)C(C)Oc2ccc(C)c(C)c2)c(Br)c1. The highest BCUT2D eigenvalue weighted by Gasteiger charge is 2.16. The van der Waals surface area contributed by atoms with Gasteiger partial charge in [0.25, 0.3) is 5.91 Å². The van der Waals surface area contributed by atoms with E-state index in [4.69, 9.17) is 4.74 Å². The average Bonchev–Trinajstić information content (AvgIpc) is 2.52. The number of anilines is 1. The number of halogens is 1. The van der Waals surface area contributed by atoms with Crippen molar-refractivity contribution in [1.29, 1.82) is 0 Å². The molecule has 1 N–H and O–H groups in total. The van der Waals surface area contributed by atoms with Crippen molar-refractivity contribution < 1.29 is 9.53 Å². The first-order valence-corrected chi connectivity index (χ1v) is 8.53. The van der Waals surface area contributed by atoms with Gasteiger partial charge in [-0.05, 0) is 84.1 Å². The molecule has 0 aliphatic rings. The van der Waals surface area contributed by atoms with Crippen LogP contribution in [-0.4, -0.2) is 12.0 Å². The van der Waals surface area contributed by atoms with Crippen molar-refractivity contribution in [1.82, 2.24) is 0 Å². The van der Waals surface area contributed by atoms with E-state index in [-0.39, 0.29) is 5.91 Å². The first kappa shape index (κ1) is 17.5. The Hall–Kier alpha value is -1.81. The first-order chi connectivity index (χ1) is 10.9. The van der Waals surface area contributed by atoms with Crippen LogP contribution in [0.4, 0.5) is 5.69 Å². The summed E-state index contributed by atoms with van der Waals surface area (Å²) < 4.78 is 6.62. The number of ether oxygens (including phenoxy) is 1. The van der Waals surface area contributed by atoms with Gasteiger partial charge in [-0.3, -0.25) is 4.79 Å². The van der Waals surface area contributed by atoms with Crippen LogP contribution in [0, 0.1) is 13.8 Å². The lowest BCUT2D eigenvalue weighted by Gasteiger charge is -2.16. The van der Waals surface area contributed by atoms with E-state index >= 15 is 0 Å². The molecule has 0 aliphatic carbocycles. The van der Waals surface area contributed by atoms with Gasteiger partial charge in [-0.1, -0.05) is 19.1 Å². The van der Waals surface area contributed by atoms with Gasteiger partial charge in [0.05, 0.1) is 5.69 Å². The molecule has 0 heterocycles. The summed E-state index contributed by atoms with van der Waals surface area (Å²) in [5, 5.41) is 2.90. The number of benzene rings is 2. The van der Waals surface area contributed by atoms with Gasteiger partial charge >= 0.3 is 0 Å². The lowest BCUT2D eigenvalue weighted by molar-refractivity contribution is -0.122. The van der Waals surface area contributed by atoms with Crippen molar-refractivity contribution in [3.8, 4) is 5.75 Å². The molecule has 3 nitrogen and oxygen atoms in total. The van der Waals surface area contributed by atoms with Crippen molar-refractivity contribution in [2.24, 2.45) is 0 Å². The van der Waals surface area contributed by atoms with Gasteiger partial charge < -0.3 is 10.1 Å². The number of nitrogens with one attached hydrogen (secondary N) is 1. The van der Waals surface area contributed by atoms with Crippen molar-refractivity contribution in [3.05, 3.63) is 57.6 Å². The third-order valence-electron chi connectivity index (χ3n) is 3.86. The van der Waals surface area contributed by atoms with E-state index in [9.17, 15) is 4.79 Å². The van der Waals surface area contributed by atoms with Gasteiger partial charge in [0.15, 0.2) is 6.10 Å². The summed E-state index contributed by atoms with van der Waals surface area (Å²) in [6, 6.07) is 11.8. The molecule has 122 valence electrons. The van der Waals surface area contributed by atoms with E-state index in [1.807, 2.05) is 50.2 Å². The van der Waals surface area contributed by atoms with E-state index in [1.165, 1.54) is 11.1 Å². The second-order valence-corrected chi connectivity index (χ2v) is 6.52. The minimum absolute atomic E-state index is 0.173. The summed E-state index contributed by atoms with van der Waals surface area (Å²) in [4.78, 5) is 12.3. The van der Waals surface area contributed by atoms with Crippen molar-refractivity contribution in [2.45, 2.75) is 40.2 Å². The smallest absolute Gasteiger partial charge is 0.265 e. The van der Waals surface area contributed by atoms with Crippen LogP contribution in [0.1, 0.15) is 30.5 Å². The molecule has 2 rings (SSSR count). The largest absolute Gasteiger partial charge is 0.481 e. The number of rotatable bonds is 5. The Morgan fingerprint density at radius 2 is 1.91 bits per heavy atom. The number of amides is 1. The predicted octanol–water partition coefficient (Wildman–Crippen LogP) is 5.03. The summed E-state index contributed by atoms with van der Waals surface area (Å²) in [6.45, 7) is 7.92. The van der Waals surface area contributed by atoms with Gasteiger partial charge in [-0.25, -0.2) is 0 Å². The summed E-state index contributed by atoms with van der Waals surface area (Å²) in [5.74, 6) is 0.532. The summed E-state index contributed by atoms with van der Waals surface area (Å²) in [6.07, 6.45) is 0.383. The number of carbonyl (C=O) groups excluding carboxylic acids is 1. The molecule has 0 spiro atoms. The molecule has 0 fully saturated rings. The molecule has 23 heavy (non-hydrogen) atoms. The summed E-state index contributed by atoms with van der Waals surface area (Å²) in [7, 11) is 0. The quantitative estimate of drug-likeness (QED) is 0.795. The monoisotopic (exact) mass is 375 g/mol. The van der Waals surface area contributed by atoms with Crippen molar-refractivity contribution in [3.63, 3.8) is 0 Å². The zero-order valence-electron chi connectivity index (χ0n) is 13.9. The fourth-order valence-corrected chi connectivity index (χ4v) is 2.68. The molecule has 0 bridgehead atoms. The normalized spacial score (nSPS) is 11.9. The van der Waals surface area contributed by atoms with Crippen LogP contribution in [-0.2, 0) is 11.2 Å². The molecule has 0 radical (unpaired) electrons. The van der Waals surface area contributed by atoms with Crippen LogP contribution in [0.5, 0.6) is 5.75 Å². The molecule has 0 saturated carbocycles. The molecule has 2 aromatic rings. The third-order valence-corrected chi connectivity index (χ3v) is 4.52. The second-order valence-electron chi connectivity index (χ2n) is 5.66. The maximum atomic E-state index is 12.3. The fourth-order valence-electron chi connectivity index (χ4n) is 2.16. The van der Waals surface area contributed by atoms with Crippen molar-refractivity contribution >= 4 is 27.5 Å². The van der Waals surface area contributed by atoms with Crippen LogP contribution >= 0.6 is 15.9 Å². The fraction of sp³-hybridized carbons (Fsp3) is 0.316. The Kier molecular flexibility index (Phi) is 5.83. The number of aryl methyl sites for hydroxylation is 3. The highest BCUT2D eigenvalue weighted by molar-refractivity contribution is 9.10. The Labute approximate surface area is 146 Å². The lowest BCUT2D eigenvalue weighted by Crippen LogP contribution is -2.30. The van der Waals surface area contributed by atoms with Gasteiger partial charge in [-0.15, -0.1) is 0 Å². The lowest BCUT2D eigenvalue weighted by atomic mass is 10.1. The average molecular weight is 376 g/mol. The third kappa shape index (κ3) is 4.58. The molecular weight excluding hydrogens is 354 g/mol. The van der Waals surface area contributed by atoms with E-state index in [0.29, 0.717) is 5.75 Å². The first-order valence-electron chi connectivity index (χ1n) is 7.74. The zero-order valence-corrected chi connectivity index (χ0v) is 15.5. The standard InChI is InChI=1S/C19H22BrNO2/c1-5-15-7-9-18(17(20)11-15)21-19(22)14(4)23-16-8-6-12(2)13(3)10-16/h6-11,14H,5H2,1-4H3,(H,21,22). The molecule has 0 aromatic heterocycles. The number of hydrogen-bond donors (Lipinski definition) is 1. The minimum atomic E-state index is -0.574. The Bertz CT molecular complexity index is 713.